The maximum atomic E-state index is 12.8. The Balaban J connectivity index is 1.56. The van der Waals surface area contributed by atoms with Crippen molar-refractivity contribution in [2.45, 2.75) is 25.8 Å². The molecule has 1 fully saturated rings. The molecule has 2 aromatic carbocycles. The summed E-state index contributed by atoms with van der Waals surface area (Å²) >= 11 is 0. The van der Waals surface area contributed by atoms with Gasteiger partial charge in [-0.15, -0.1) is 0 Å². The molecule has 6 nitrogen and oxygen atoms in total. The van der Waals surface area contributed by atoms with E-state index in [1.165, 1.54) is 5.56 Å². The van der Waals surface area contributed by atoms with Crippen molar-refractivity contribution in [1.29, 1.82) is 0 Å². The molecule has 3 rings (SSSR count). The van der Waals surface area contributed by atoms with E-state index in [1.54, 1.807) is 7.11 Å². The van der Waals surface area contributed by atoms with Gasteiger partial charge in [0.05, 0.1) is 12.1 Å². The summed E-state index contributed by atoms with van der Waals surface area (Å²) in [6.45, 7) is 8.23. The van der Waals surface area contributed by atoms with Gasteiger partial charge in [0, 0.05) is 39.0 Å². The first-order valence-electron chi connectivity index (χ1n) is 10.1. The Hall–Kier alpha value is -2.41. The largest absolute Gasteiger partial charge is 0.457 e. The van der Waals surface area contributed by atoms with Crippen LogP contribution in [0.3, 0.4) is 0 Å². The number of anilines is 1. The lowest BCUT2D eigenvalue weighted by Crippen LogP contribution is -2.58. The number of benzene rings is 2. The molecule has 2 N–H and O–H groups in total. The Labute approximate surface area is 173 Å². The topological polar surface area (TPSA) is 62.8 Å². The maximum Gasteiger partial charge on any atom is 0.244 e. The molecule has 0 saturated carbocycles. The molecule has 0 radical (unpaired) electrons. The number of piperazine rings is 1. The van der Waals surface area contributed by atoms with Gasteiger partial charge in [-0.25, -0.2) is 0 Å². The Morgan fingerprint density at radius 3 is 2.21 bits per heavy atom. The van der Waals surface area contributed by atoms with Crippen LogP contribution in [0.1, 0.15) is 19.4 Å². The zero-order valence-corrected chi connectivity index (χ0v) is 17.5. The highest BCUT2D eigenvalue weighted by atomic mass is 16.5. The van der Waals surface area contributed by atoms with Gasteiger partial charge in [0.1, 0.15) is 11.5 Å². The molecule has 1 aliphatic rings. The molecule has 1 amide bonds. The van der Waals surface area contributed by atoms with Crippen molar-refractivity contribution in [2.24, 2.45) is 0 Å². The molecule has 0 spiro atoms. The van der Waals surface area contributed by atoms with Crippen LogP contribution >= 0.6 is 0 Å². The summed E-state index contributed by atoms with van der Waals surface area (Å²) in [5, 5.41) is 6.35. The number of methoxy groups -OCH3 is 1. The fourth-order valence-corrected chi connectivity index (χ4v) is 3.34. The van der Waals surface area contributed by atoms with Crippen molar-refractivity contribution < 1.29 is 14.3 Å². The fourth-order valence-electron chi connectivity index (χ4n) is 3.34. The summed E-state index contributed by atoms with van der Waals surface area (Å²) in [5.41, 5.74) is 1.42. The zero-order valence-electron chi connectivity index (χ0n) is 17.5. The lowest BCUT2D eigenvalue weighted by molar-refractivity contribution is -0.126. The van der Waals surface area contributed by atoms with Crippen LogP contribution in [0.25, 0.3) is 0 Å². The normalized spacial score (nSPS) is 15.1. The van der Waals surface area contributed by atoms with E-state index < -0.39 is 5.54 Å². The average Bonchev–Trinajstić information content (AvgIpc) is 2.75. The molecule has 1 aliphatic heterocycles. The number of carbonyl (C=O) groups excluding carboxylic acids is 1. The SMILES string of the molecule is COCCc1ccc(Oc2ccc(NC(=O)C(C)(C)N3CCNCC3)cc2)cc1. The molecule has 0 unspecified atom stereocenters. The third-order valence-corrected chi connectivity index (χ3v) is 5.33. The van der Waals surface area contributed by atoms with E-state index >= 15 is 0 Å². The number of amides is 1. The lowest BCUT2D eigenvalue weighted by atomic mass is 10.0. The van der Waals surface area contributed by atoms with Crippen molar-refractivity contribution in [3.05, 3.63) is 54.1 Å². The van der Waals surface area contributed by atoms with Crippen molar-refractivity contribution >= 4 is 11.6 Å². The summed E-state index contributed by atoms with van der Waals surface area (Å²) < 4.78 is 11.0. The van der Waals surface area contributed by atoms with Crippen LogP contribution in [0.4, 0.5) is 5.69 Å². The van der Waals surface area contributed by atoms with Crippen LogP contribution in [0.15, 0.2) is 48.5 Å². The molecule has 0 aromatic heterocycles. The second-order valence-electron chi connectivity index (χ2n) is 7.76. The predicted molar refractivity (Wildman–Crippen MR) is 116 cm³/mol. The van der Waals surface area contributed by atoms with E-state index in [0.29, 0.717) is 6.61 Å². The number of nitrogens with zero attached hydrogens (tertiary/aromatic N) is 1. The van der Waals surface area contributed by atoms with Gasteiger partial charge in [0.2, 0.25) is 5.91 Å². The van der Waals surface area contributed by atoms with Crippen LogP contribution < -0.4 is 15.4 Å². The minimum Gasteiger partial charge on any atom is -0.457 e. The Morgan fingerprint density at radius 1 is 1.03 bits per heavy atom. The Kier molecular flexibility index (Phi) is 7.25. The van der Waals surface area contributed by atoms with Crippen molar-refractivity contribution in [2.75, 3.05) is 45.2 Å². The van der Waals surface area contributed by atoms with Gasteiger partial charge in [-0.1, -0.05) is 12.1 Å². The van der Waals surface area contributed by atoms with Gasteiger partial charge in [-0.05, 0) is 62.2 Å². The maximum absolute atomic E-state index is 12.8. The number of hydrogen-bond acceptors (Lipinski definition) is 5. The smallest absolute Gasteiger partial charge is 0.244 e. The highest BCUT2D eigenvalue weighted by molar-refractivity contribution is 5.97. The van der Waals surface area contributed by atoms with E-state index in [-0.39, 0.29) is 5.91 Å². The highest BCUT2D eigenvalue weighted by Crippen LogP contribution is 2.24. The first kappa shape index (κ1) is 21.3. The molecular weight excluding hydrogens is 366 g/mol. The number of hydrogen-bond donors (Lipinski definition) is 2. The van der Waals surface area contributed by atoms with Crippen LogP contribution in [0.5, 0.6) is 11.5 Å². The minimum absolute atomic E-state index is 0.000263. The third-order valence-electron chi connectivity index (χ3n) is 5.33. The molecule has 1 saturated heterocycles. The second-order valence-corrected chi connectivity index (χ2v) is 7.76. The van der Waals surface area contributed by atoms with Crippen molar-refractivity contribution in [3.8, 4) is 11.5 Å². The van der Waals surface area contributed by atoms with Gasteiger partial charge < -0.3 is 20.1 Å². The van der Waals surface area contributed by atoms with Gasteiger partial charge in [0.15, 0.2) is 0 Å². The van der Waals surface area contributed by atoms with E-state index in [0.717, 1.165) is 49.8 Å². The molecular formula is C23H31N3O3. The summed E-state index contributed by atoms with van der Waals surface area (Å²) in [6.07, 6.45) is 0.884. The van der Waals surface area contributed by atoms with Gasteiger partial charge >= 0.3 is 0 Å². The molecule has 0 bridgehead atoms. The van der Waals surface area contributed by atoms with E-state index in [9.17, 15) is 4.79 Å². The Bertz CT molecular complexity index is 782. The van der Waals surface area contributed by atoms with Crippen LogP contribution in [0.2, 0.25) is 0 Å². The molecule has 0 aliphatic carbocycles. The lowest BCUT2D eigenvalue weighted by Gasteiger charge is -2.39. The summed E-state index contributed by atoms with van der Waals surface area (Å²) in [4.78, 5) is 15.0. The molecule has 156 valence electrons. The zero-order chi connectivity index (χ0) is 20.7. The average molecular weight is 398 g/mol. The quantitative estimate of drug-likeness (QED) is 0.716. The monoisotopic (exact) mass is 397 g/mol. The summed E-state index contributed by atoms with van der Waals surface area (Å²) in [6, 6.07) is 15.5. The summed E-state index contributed by atoms with van der Waals surface area (Å²) in [7, 11) is 1.70. The molecule has 6 heteroatoms. The number of ether oxygens (including phenoxy) is 2. The summed E-state index contributed by atoms with van der Waals surface area (Å²) in [5.74, 6) is 1.51. The van der Waals surface area contributed by atoms with Crippen LogP contribution in [-0.4, -0.2) is 56.2 Å². The van der Waals surface area contributed by atoms with E-state index in [2.05, 4.69) is 15.5 Å². The molecule has 1 heterocycles. The van der Waals surface area contributed by atoms with Crippen molar-refractivity contribution in [1.82, 2.24) is 10.2 Å². The van der Waals surface area contributed by atoms with Crippen LogP contribution in [-0.2, 0) is 16.0 Å². The predicted octanol–water partition coefficient (Wildman–Crippen LogP) is 3.29. The van der Waals surface area contributed by atoms with Crippen LogP contribution in [0, 0.1) is 0 Å². The second kappa shape index (κ2) is 9.87. The molecule has 29 heavy (non-hydrogen) atoms. The van der Waals surface area contributed by atoms with Gasteiger partial charge in [0.25, 0.3) is 0 Å². The van der Waals surface area contributed by atoms with E-state index in [4.69, 9.17) is 9.47 Å². The minimum atomic E-state index is -0.554. The first-order valence-corrected chi connectivity index (χ1v) is 10.1. The first-order chi connectivity index (χ1) is 14.0. The van der Waals surface area contributed by atoms with E-state index in [1.807, 2.05) is 62.4 Å². The number of nitrogens with one attached hydrogen (secondary N) is 2. The highest BCUT2D eigenvalue weighted by Gasteiger charge is 2.35. The molecule has 0 atom stereocenters. The number of carbonyl (C=O) groups is 1. The molecule has 2 aromatic rings. The number of rotatable bonds is 8. The third kappa shape index (κ3) is 5.79. The van der Waals surface area contributed by atoms with Crippen molar-refractivity contribution in [3.63, 3.8) is 0 Å². The van der Waals surface area contributed by atoms with Gasteiger partial charge in [-0.2, -0.15) is 0 Å². The van der Waals surface area contributed by atoms with Gasteiger partial charge in [-0.3, -0.25) is 9.69 Å². The standard InChI is InChI=1S/C23H31N3O3/c1-23(2,26-15-13-24-14-16-26)22(27)25-19-6-10-21(11-7-19)29-20-8-4-18(5-9-20)12-17-28-3/h4-11,24H,12-17H2,1-3H3,(H,25,27). The Morgan fingerprint density at radius 2 is 1.62 bits per heavy atom. The fraction of sp³-hybridized carbons (Fsp3) is 0.435.